The molecule has 0 saturated carbocycles. The number of rotatable bonds is 2. The molecule has 1 aromatic carbocycles. The van der Waals surface area contributed by atoms with Crippen LogP contribution in [0.15, 0.2) is 41.1 Å². The van der Waals surface area contributed by atoms with E-state index in [9.17, 15) is 5.11 Å². The summed E-state index contributed by atoms with van der Waals surface area (Å²) in [5, 5.41) is 11.5. The van der Waals surface area contributed by atoms with Gasteiger partial charge in [0.2, 0.25) is 0 Å². The summed E-state index contributed by atoms with van der Waals surface area (Å²) in [6.07, 6.45) is 4.23. The molecule has 0 aliphatic rings. The summed E-state index contributed by atoms with van der Waals surface area (Å²) in [5.74, 6) is 0.175. The zero-order chi connectivity index (χ0) is 13.7. The van der Waals surface area contributed by atoms with E-state index < -0.39 is 0 Å². The van der Waals surface area contributed by atoms with E-state index in [-0.39, 0.29) is 5.75 Å². The lowest BCUT2D eigenvalue weighted by atomic mass is 10.1. The smallest absolute Gasteiger partial charge is 0.161 e. The zero-order valence-corrected chi connectivity index (χ0v) is 11.1. The predicted octanol–water partition coefficient (Wildman–Crippen LogP) is 4.05. The molecule has 0 spiro atoms. The van der Waals surface area contributed by atoms with Crippen LogP contribution in [0.2, 0.25) is 0 Å². The van der Waals surface area contributed by atoms with Crippen LogP contribution in [-0.2, 0) is 6.54 Å². The Morgan fingerprint density at radius 2 is 2.15 bits per heavy atom. The molecule has 0 amide bonds. The monoisotopic (exact) mass is 266 g/mol. The number of hydrogen-bond donors (Lipinski definition) is 1. The molecule has 4 nitrogen and oxygen atoms in total. The van der Waals surface area contributed by atoms with Gasteiger partial charge in [0.1, 0.15) is 11.8 Å². The molecule has 0 atom stereocenters. The van der Waals surface area contributed by atoms with Gasteiger partial charge in [-0.3, -0.25) is 4.98 Å². The number of furan rings is 1. The number of pyridine rings is 1. The first-order valence-electron chi connectivity index (χ1n) is 6.77. The van der Waals surface area contributed by atoms with Crippen molar-refractivity contribution in [2.75, 3.05) is 0 Å². The minimum atomic E-state index is 0.175. The van der Waals surface area contributed by atoms with E-state index in [1.165, 1.54) is 6.26 Å². The molecular weight excluding hydrogens is 252 g/mol. The Bertz CT molecular complexity index is 934. The molecule has 20 heavy (non-hydrogen) atoms. The SMILES string of the molecule is CCCn1c2cccnc2c2c3occ(O)c3ccc21. The second-order valence-corrected chi connectivity index (χ2v) is 4.98. The third-order valence-corrected chi connectivity index (χ3v) is 3.75. The summed E-state index contributed by atoms with van der Waals surface area (Å²) in [6.45, 7) is 3.09. The van der Waals surface area contributed by atoms with Crippen molar-refractivity contribution >= 4 is 32.9 Å². The minimum absolute atomic E-state index is 0.175. The third-order valence-electron chi connectivity index (χ3n) is 3.75. The molecule has 4 aromatic rings. The number of aromatic nitrogens is 2. The Hall–Kier alpha value is -2.49. The third kappa shape index (κ3) is 1.33. The fourth-order valence-electron chi connectivity index (χ4n) is 2.93. The van der Waals surface area contributed by atoms with Gasteiger partial charge in [0.05, 0.1) is 27.3 Å². The molecule has 0 aliphatic heterocycles. The highest BCUT2D eigenvalue weighted by atomic mass is 16.4. The van der Waals surface area contributed by atoms with Crippen LogP contribution in [0.5, 0.6) is 5.75 Å². The van der Waals surface area contributed by atoms with Crippen molar-refractivity contribution in [3.8, 4) is 5.75 Å². The molecule has 100 valence electrons. The Balaban J connectivity index is 2.28. The largest absolute Gasteiger partial charge is 0.504 e. The van der Waals surface area contributed by atoms with Crippen LogP contribution in [-0.4, -0.2) is 14.7 Å². The number of benzene rings is 1. The van der Waals surface area contributed by atoms with Gasteiger partial charge in [0, 0.05) is 12.7 Å². The molecule has 4 rings (SSSR count). The van der Waals surface area contributed by atoms with Gasteiger partial charge >= 0.3 is 0 Å². The summed E-state index contributed by atoms with van der Waals surface area (Å²) in [5.41, 5.74) is 3.84. The lowest BCUT2D eigenvalue weighted by Crippen LogP contribution is -1.95. The van der Waals surface area contributed by atoms with Crippen LogP contribution < -0.4 is 0 Å². The first-order chi connectivity index (χ1) is 9.81. The van der Waals surface area contributed by atoms with Crippen molar-refractivity contribution in [2.24, 2.45) is 0 Å². The van der Waals surface area contributed by atoms with E-state index in [4.69, 9.17) is 4.42 Å². The van der Waals surface area contributed by atoms with Gasteiger partial charge in [-0.2, -0.15) is 0 Å². The van der Waals surface area contributed by atoms with Crippen LogP contribution in [0.1, 0.15) is 13.3 Å². The molecule has 3 heterocycles. The zero-order valence-electron chi connectivity index (χ0n) is 11.1. The van der Waals surface area contributed by atoms with Crippen LogP contribution in [0, 0.1) is 0 Å². The lowest BCUT2D eigenvalue weighted by Gasteiger charge is -2.04. The molecule has 0 radical (unpaired) electrons. The molecule has 1 N–H and O–H groups in total. The van der Waals surface area contributed by atoms with Crippen LogP contribution in [0.4, 0.5) is 0 Å². The summed E-state index contributed by atoms with van der Waals surface area (Å²) in [4.78, 5) is 4.51. The van der Waals surface area contributed by atoms with E-state index in [1.807, 2.05) is 18.2 Å². The van der Waals surface area contributed by atoms with Gasteiger partial charge in [-0.15, -0.1) is 0 Å². The minimum Gasteiger partial charge on any atom is -0.504 e. The molecule has 4 heteroatoms. The number of aryl methyl sites for hydroxylation is 1. The summed E-state index contributed by atoms with van der Waals surface area (Å²) in [6, 6.07) is 7.96. The van der Waals surface area contributed by atoms with E-state index in [2.05, 4.69) is 22.5 Å². The highest BCUT2D eigenvalue weighted by Crippen LogP contribution is 2.37. The van der Waals surface area contributed by atoms with Crippen molar-refractivity contribution in [3.05, 3.63) is 36.7 Å². The predicted molar refractivity (Wildman–Crippen MR) is 79.0 cm³/mol. The molecule has 0 saturated heterocycles. The Labute approximate surface area is 115 Å². The van der Waals surface area contributed by atoms with Gasteiger partial charge in [0.25, 0.3) is 0 Å². The van der Waals surface area contributed by atoms with Crippen molar-refractivity contribution in [1.82, 2.24) is 9.55 Å². The molecule has 3 aromatic heterocycles. The fourth-order valence-corrected chi connectivity index (χ4v) is 2.93. The molecule has 0 bridgehead atoms. The van der Waals surface area contributed by atoms with E-state index in [1.54, 1.807) is 6.20 Å². The maximum absolute atomic E-state index is 9.83. The Morgan fingerprint density at radius 1 is 1.25 bits per heavy atom. The second kappa shape index (κ2) is 4.00. The highest BCUT2D eigenvalue weighted by molar-refractivity contribution is 6.18. The topological polar surface area (TPSA) is 51.2 Å². The standard InChI is InChI=1S/C16H14N2O2/c1-2-8-18-11-6-5-10-13(19)9-20-16(10)14(11)15-12(18)4-3-7-17-15/h3-7,9,19H,2,8H2,1H3. The van der Waals surface area contributed by atoms with Gasteiger partial charge in [-0.05, 0) is 30.7 Å². The van der Waals surface area contributed by atoms with E-state index in [0.717, 1.165) is 40.3 Å². The number of aromatic hydroxyl groups is 1. The summed E-state index contributed by atoms with van der Waals surface area (Å²) < 4.78 is 7.82. The number of nitrogens with zero attached hydrogens (tertiary/aromatic N) is 2. The normalized spacial score (nSPS) is 11.8. The number of hydrogen-bond acceptors (Lipinski definition) is 3. The van der Waals surface area contributed by atoms with Crippen molar-refractivity contribution in [1.29, 1.82) is 0 Å². The van der Waals surface area contributed by atoms with Crippen LogP contribution >= 0.6 is 0 Å². The van der Waals surface area contributed by atoms with Crippen molar-refractivity contribution in [3.63, 3.8) is 0 Å². The van der Waals surface area contributed by atoms with E-state index in [0.29, 0.717) is 5.58 Å². The van der Waals surface area contributed by atoms with Crippen LogP contribution in [0.3, 0.4) is 0 Å². The maximum Gasteiger partial charge on any atom is 0.161 e. The molecule has 0 fully saturated rings. The molecule has 0 unspecified atom stereocenters. The van der Waals surface area contributed by atoms with Gasteiger partial charge in [-0.25, -0.2) is 0 Å². The first-order valence-corrected chi connectivity index (χ1v) is 6.77. The first kappa shape index (κ1) is 11.3. The summed E-state index contributed by atoms with van der Waals surface area (Å²) in [7, 11) is 0. The average molecular weight is 266 g/mol. The molecule has 0 aliphatic carbocycles. The van der Waals surface area contributed by atoms with Gasteiger partial charge in [0.15, 0.2) is 5.75 Å². The Morgan fingerprint density at radius 3 is 3.00 bits per heavy atom. The quantitative estimate of drug-likeness (QED) is 0.595. The number of fused-ring (bicyclic) bond motifs is 5. The van der Waals surface area contributed by atoms with Gasteiger partial charge in [-0.1, -0.05) is 6.92 Å². The Kier molecular flexibility index (Phi) is 2.27. The van der Waals surface area contributed by atoms with Gasteiger partial charge < -0.3 is 14.1 Å². The van der Waals surface area contributed by atoms with Crippen molar-refractivity contribution < 1.29 is 9.52 Å². The van der Waals surface area contributed by atoms with Crippen molar-refractivity contribution in [2.45, 2.75) is 19.9 Å². The van der Waals surface area contributed by atoms with Crippen LogP contribution in [0.25, 0.3) is 32.9 Å². The average Bonchev–Trinajstić information content (AvgIpc) is 3.00. The molecular formula is C16H14N2O2. The summed E-state index contributed by atoms with van der Waals surface area (Å²) >= 11 is 0. The second-order valence-electron chi connectivity index (χ2n) is 4.98. The van der Waals surface area contributed by atoms with E-state index >= 15 is 0 Å². The fraction of sp³-hybridized carbons (Fsp3) is 0.188. The lowest BCUT2D eigenvalue weighted by molar-refractivity contribution is 0.464. The maximum atomic E-state index is 9.83. The highest BCUT2D eigenvalue weighted by Gasteiger charge is 2.17.